The minimum atomic E-state index is -4.45. The Morgan fingerprint density at radius 2 is 2.07 bits per heavy atom. The zero-order valence-electron chi connectivity index (χ0n) is 15.3. The maximum absolute atomic E-state index is 12.9. The molecular weight excluding hydrogens is 389 g/mol. The lowest BCUT2D eigenvalue weighted by atomic mass is 10.1. The molecule has 0 unspecified atom stereocenters. The van der Waals surface area contributed by atoms with Crippen LogP contribution in [0.15, 0.2) is 12.4 Å². The Balaban J connectivity index is 1.51. The van der Waals surface area contributed by atoms with Crippen molar-refractivity contribution >= 4 is 27.2 Å². The molecule has 0 amide bonds. The predicted octanol–water partition coefficient (Wildman–Crippen LogP) is 4.16. The standard InChI is InChI=1S/C18H17F3N6S/c1-9(7-26-10(2)6-13(24-26)18(19,20)21)15-23-16-14-11-4-3-5-12(11)28-17(14)22-8-27(16)25-15/h6,8-9H,3-5,7H2,1-2H3/t9-/m0/s1. The second-order valence-electron chi connectivity index (χ2n) is 7.27. The highest BCUT2D eigenvalue weighted by Crippen LogP contribution is 2.38. The van der Waals surface area contributed by atoms with Gasteiger partial charge in [0.05, 0.1) is 11.9 Å². The minimum Gasteiger partial charge on any atom is -0.269 e. The smallest absolute Gasteiger partial charge is 0.269 e. The Morgan fingerprint density at radius 3 is 2.82 bits per heavy atom. The van der Waals surface area contributed by atoms with Crippen LogP contribution in [0.25, 0.3) is 15.9 Å². The number of thiophene rings is 1. The van der Waals surface area contributed by atoms with Gasteiger partial charge in [-0.15, -0.1) is 16.4 Å². The molecule has 0 fully saturated rings. The van der Waals surface area contributed by atoms with E-state index in [2.05, 4.69) is 15.2 Å². The van der Waals surface area contributed by atoms with Crippen molar-refractivity contribution in [1.29, 1.82) is 0 Å². The fraction of sp³-hybridized carbons (Fsp3) is 0.444. The topological polar surface area (TPSA) is 60.9 Å². The molecule has 0 spiro atoms. The number of halogens is 3. The molecule has 4 aromatic rings. The first-order valence-corrected chi connectivity index (χ1v) is 9.90. The van der Waals surface area contributed by atoms with Crippen LogP contribution in [0.3, 0.4) is 0 Å². The second kappa shape index (κ2) is 6.00. The molecule has 0 saturated carbocycles. The van der Waals surface area contributed by atoms with Gasteiger partial charge in [-0.3, -0.25) is 4.68 Å². The van der Waals surface area contributed by atoms with E-state index in [9.17, 15) is 13.2 Å². The van der Waals surface area contributed by atoms with Gasteiger partial charge in [-0.1, -0.05) is 6.92 Å². The third kappa shape index (κ3) is 2.69. The van der Waals surface area contributed by atoms with Gasteiger partial charge in [0.2, 0.25) is 0 Å². The maximum Gasteiger partial charge on any atom is 0.435 e. The zero-order valence-corrected chi connectivity index (χ0v) is 16.1. The third-order valence-corrected chi connectivity index (χ3v) is 6.42. The van der Waals surface area contributed by atoms with Crippen molar-refractivity contribution in [2.24, 2.45) is 0 Å². The summed E-state index contributed by atoms with van der Waals surface area (Å²) < 4.78 is 41.7. The van der Waals surface area contributed by atoms with E-state index >= 15 is 0 Å². The number of rotatable bonds is 3. The Labute approximate surface area is 162 Å². The molecule has 6 nitrogen and oxygen atoms in total. The number of hydrogen-bond donors (Lipinski definition) is 0. The SMILES string of the molecule is Cc1cc(C(F)(F)F)nn1C[C@H](C)c1nc2c3c4c(sc3ncn2n1)CCC4. The molecule has 0 aromatic carbocycles. The van der Waals surface area contributed by atoms with Crippen molar-refractivity contribution in [1.82, 2.24) is 29.4 Å². The lowest BCUT2D eigenvalue weighted by molar-refractivity contribution is -0.141. The molecule has 10 heteroatoms. The molecule has 0 N–H and O–H groups in total. The number of nitrogens with zero attached hydrogens (tertiary/aromatic N) is 6. The number of aromatic nitrogens is 6. The van der Waals surface area contributed by atoms with Gasteiger partial charge in [-0.2, -0.15) is 18.3 Å². The molecule has 28 heavy (non-hydrogen) atoms. The summed E-state index contributed by atoms with van der Waals surface area (Å²) in [6.07, 6.45) is 0.474. The largest absolute Gasteiger partial charge is 0.435 e. The first-order valence-electron chi connectivity index (χ1n) is 9.08. The lowest BCUT2D eigenvalue weighted by Crippen LogP contribution is -2.12. The average Bonchev–Trinajstić information content (AvgIpc) is 3.35. The van der Waals surface area contributed by atoms with Gasteiger partial charge in [-0.25, -0.2) is 14.5 Å². The molecule has 1 aliphatic carbocycles. The quantitative estimate of drug-likeness (QED) is 0.513. The van der Waals surface area contributed by atoms with Gasteiger partial charge < -0.3 is 0 Å². The van der Waals surface area contributed by atoms with E-state index < -0.39 is 11.9 Å². The number of hydrogen-bond acceptors (Lipinski definition) is 5. The maximum atomic E-state index is 12.9. The fourth-order valence-electron chi connectivity index (χ4n) is 3.79. The monoisotopic (exact) mass is 406 g/mol. The van der Waals surface area contributed by atoms with Crippen LogP contribution in [0.5, 0.6) is 0 Å². The molecule has 0 saturated heterocycles. The summed E-state index contributed by atoms with van der Waals surface area (Å²) in [5, 5.41) is 9.31. The van der Waals surface area contributed by atoms with Crippen LogP contribution in [0.2, 0.25) is 0 Å². The summed E-state index contributed by atoms with van der Waals surface area (Å²) in [6.45, 7) is 3.79. The van der Waals surface area contributed by atoms with E-state index in [1.165, 1.54) is 15.1 Å². The van der Waals surface area contributed by atoms with Crippen molar-refractivity contribution < 1.29 is 13.2 Å². The Kier molecular flexibility index (Phi) is 3.77. The normalized spacial score (nSPS) is 15.6. The Morgan fingerprint density at radius 1 is 1.25 bits per heavy atom. The van der Waals surface area contributed by atoms with Crippen LogP contribution in [-0.4, -0.2) is 29.4 Å². The van der Waals surface area contributed by atoms with Crippen LogP contribution in [0, 0.1) is 6.92 Å². The molecule has 146 valence electrons. The number of alkyl halides is 3. The van der Waals surface area contributed by atoms with Crippen molar-refractivity contribution in [2.45, 2.75) is 51.7 Å². The summed E-state index contributed by atoms with van der Waals surface area (Å²) in [6, 6.07) is 1.06. The molecular formula is C18H17F3N6S. The molecule has 0 aliphatic heterocycles. The molecule has 4 aromatic heterocycles. The molecule has 1 atom stereocenters. The van der Waals surface area contributed by atoms with Crippen LogP contribution in [0.4, 0.5) is 13.2 Å². The highest BCUT2D eigenvalue weighted by atomic mass is 32.1. The van der Waals surface area contributed by atoms with Crippen molar-refractivity contribution in [2.75, 3.05) is 0 Å². The van der Waals surface area contributed by atoms with Gasteiger partial charge in [0.15, 0.2) is 17.2 Å². The Hall–Kier alpha value is -2.49. The van der Waals surface area contributed by atoms with Gasteiger partial charge in [0.25, 0.3) is 0 Å². The number of fused-ring (bicyclic) bond motifs is 5. The molecule has 0 radical (unpaired) electrons. The Bertz CT molecular complexity index is 1200. The molecule has 0 bridgehead atoms. The predicted molar refractivity (Wildman–Crippen MR) is 98.6 cm³/mol. The molecule has 5 rings (SSSR count). The lowest BCUT2D eigenvalue weighted by Gasteiger charge is -2.09. The van der Waals surface area contributed by atoms with Crippen LogP contribution < -0.4 is 0 Å². The summed E-state index contributed by atoms with van der Waals surface area (Å²) in [7, 11) is 0. The molecule has 4 heterocycles. The van der Waals surface area contributed by atoms with E-state index in [4.69, 9.17) is 4.98 Å². The second-order valence-corrected chi connectivity index (χ2v) is 8.36. The van der Waals surface area contributed by atoms with Gasteiger partial charge in [-0.05, 0) is 37.8 Å². The van der Waals surface area contributed by atoms with Crippen molar-refractivity contribution in [3.63, 3.8) is 0 Å². The fourth-order valence-corrected chi connectivity index (χ4v) is 5.02. The highest BCUT2D eigenvalue weighted by Gasteiger charge is 2.34. The van der Waals surface area contributed by atoms with Crippen LogP contribution >= 0.6 is 11.3 Å². The van der Waals surface area contributed by atoms with E-state index in [1.54, 1.807) is 29.1 Å². The number of aryl methyl sites for hydroxylation is 3. The molecule has 1 aliphatic rings. The van der Waals surface area contributed by atoms with E-state index in [0.717, 1.165) is 41.2 Å². The van der Waals surface area contributed by atoms with Crippen LogP contribution in [0.1, 0.15) is 46.9 Å². The minimum absolute atomic E-state index is 0.193. The van der Waals surface area contributed by atoms with Crippen molar-refractivity contribution in [3.8, 4) is 0 Å². The summed E-state index contributed by atoms with van der Waals surface area (Å²) in [4.78, 5) is 11.6. The van der Waals surface area contributed by atoms with Crippen molar-refractivity contribution in [3.05, 3.63) is 40.0 Å². The zero-order chi connectivity index (χ0) is 19.6. The first kappa shape index (κ1) is 17.6. The van der Waals surface area contributed by atoms with E-state index in [1.807, 2.05) is 6.92 Å². The highest BCUT2D eigenvalue weighted by molar-refractivity contribution is 7.19. The first-order chi connectivity index (χ1) is 13.3. The summed E-state index contributed by atoms with van der Waals surface area (Å²) in [5.41, 5.74) is 1.68. The summed E-state index contributed by atoms with van der Waals surface area (Å²) >= 11 is 1.72. The van der Waals surface area contributed by atoms with Crippen LogP contribution in [-0.2, 0) is 25.6 Å². The average molecular weight is 406 g/mol. The van der Waals surface area contributed by atoms with Gasteiger partial charge in [0.1, 0.15) is 11.2 Å². The summed E-state index contributed by atoms with van der Waals surface area (Å²) in [5.74, 6) is 0.386. The van der Waals surface area contributed by atoms with E-state index in [-0.39, 0.29) is 12.5 Å². The van der Waals surface area contributed by atoms with Gasteiger partial charge in [0, 0.05) is 16.5 Å². The third-order valence-electron chi connectivity index (χ3n) is 5.22. The van der Waals surface area contributed by atoms with Gasteiger partial charge >= 0.3 is 6.18 Å². The van der Waals surface area contributed by atoms with E-state index in [0.29, 0.717) is 11.5 Å².